The van der Waals surface area contributed by atoms with Gasteiger partial charge in [0.25, 0.3) is 11.9 Å². The smallest absolute Gasteiger partial charge is 0.270 e. The summed E-state index contributed by atoms with van der Waals surface area (Å²) in [6, 6.07) is 4.50. The molecule has 0 aliphatic heterocycles. The van der Waals surface area contributed by atoms with Crippen LogP contribution in [-0.2, 0) is 7.05 Å². The van der Waals surface area contributed by atoms with E-state index in [1.807, 2.05) is 0 Å². The summed E-state index contributed by atoms with van der Waals surface area (Å²) in [7, 11) is 1.61. The predicted octanol–water partition coefficient (Wildman–Crippen LogP) is 0.476. The zero-order chi connectivity index (χ0) is 12.4. The Balaban J connectivity index is 2.20. The predicted molar refractivity (Wildman–Crippen MR) is 59.6 cm³/mol. The molecule has 2 aromatic rings. The number of hydrogen-bond donors (Lipinski definition) is 2. The number of phenols is 1. The number of phenolic OH excluding ortho intramolecular Hbond substituents is 1. The lowest BCUT2D eigenvalue weighted by Gasteiger charge is -2.04. The molecule has 7 heteroatoms. The maximum atomic E-state index is 11.8. The highest BCUT2D eigenvalue weighted by molar-refractivity contribution is 6.04. The van der Waals surface area contributed by atoms with Gasteiger partial charge in [0.1, 0.15) is 5.75 Å². The summed E-state index contributed by atoms with van der Waals surface area (Å²) < 4.78 is 0. The van der Waals surface area contributed by atoms with Crippen LogP contribution in [0.2, 0.25) is 0 Å². The molecule has 0 aliphatic rings. The van der Waals surface area contributed by atoms with Crippen molar-refractivity contribution in [3.63, 3.8) is 0 Å². The number of benzene rings is 1. The number of tetrazole rings is 1. The van der Waals surface area contributed by atoms with Gasteiger partial charge >= 0.3 is 0 Å². The molecular formula is C10H11N5O2. The maximum absolute atomic E-state index is 11.8. The third-order valence-electron chi connectivity index (χ3n) is 2.19. The average molecular weight is 233 g/mol. The summed E-state index contributed by atoms with van der Waals surface area (Å²) in [5, 5.41) is 22.8. The number of aryl methyl sites for hydroxylation is 2. The third kappa shape index (κ3) is 2.39. The molecular weight excluding hydrogens is 222 g/mol. The van der Waals surface area contributed by atoms with Gasteiger partial charge in [-0.15, -0.1) is 5.10 Å². The molecule has 1 amide bonds. The molecule has 1 aromatic heterocycles. The maximum Gasteiger partial charge on any atom is 0.270 e. The average Bonchev–Trinajstić information content (AvgIpc) is 2.63. The number of nitrogens with one attached hydrogen (secondary N) is 1. The molecule has 0 aliphatic carbocycles. The van der Waals surface area contributed by atoms with Gasteiger partial charge < -0.3 is 5.11 Å². The van der Waals surface area contributed by atoms with E-state index in [1.165, 1.54) is 23.0 Å². The second-order valence-electron chi connectivity index (χ2n) is 3.56. The van der Waals surface area contributed by atoms with Gasteiger partial charge in [-0.1, -0.05) is 5.10 Å². The van der Waals surface area contributed by atoms with E-state index in [4.69, 9.17) is 0 Å². The Labute approximate surface area is 97.1 Å². The molecule has 88 valence electrons. The molecule has 0 saturated carbocycles. The van der Waals surface area contributed by atoms with Crippen LogP contribution in [0.5, 0.6) is 5.75 Å². The fraction of sp³-hybridized carbons (Fsp3) is 0.200. The van der Waals surface area contributed by atoms with Crippen molar-refractivity contribution in [1.29, 1.82) is 0 Å². The fourth-order valence-corrected chi connectivity index (χ4v) is 1.41. The summed E-state index contributed by atoms with van der Waals surface area (Å²) >= 11 is 0. The minimum atomic E-state index is -0.337. The van der Waals surface area contributed by atoms with E-state index in [2.05, 4.69) is 20.7 Å². The molecule has 17 heavy (non-hydrogen) atoms. The van der Waals surface area contributed by atoms with Crippen LogP contribution < -0.4 is 5.32 Å². The Morgan fingerprint density at radius 3 is 2.82 bits per heavy atom. The molecule has 0 spiro atoms. The van der Waals surface area contributed by atoms with Crippen LogP contribution in [0.4, 0.5) is 5.95 Å². The Morgan fingerprint density at radius 1 is 1.47 bits per heavy atom. The van der Waals surface area contributed by atoms with Crippen LogP contribution in [0.1, 0.15) is 15.9 Å². The van der Waals surface area contributed by atoms with Crippen molar-refractivity contribution in [1.82, 2.24) is 20.2 Å². The number of amides is 1. The lowest BCUT2D eigenvalue weighted by molar-refractivity contribution is 0.102. The van der Waals surface area contributed by atoms with E-state index in [9.17, 15) is 9.90 Å². The van der Waals surface area contributed by atoms with Crippen LogP contribution in [0.15, 0.2) is 18.2 Å². The minimum Gasteiger partial charge on any atom is -0.508 e. The van der Waals surface area contributed by atoms with E-state index in [1.54, 1.807) is 14.0 Å². The lowest BCUT2D eigenvalue weighted by Crippen LogP contribution is -2.14. The summed E-state index contributed by atoms with van der Waals surface area (Å²) in [5.41, 5.74) is 1.13. The van der Waals surface area contributed by atoms with E-state index < -0.39 is 0 Å². The number of aromatic hydroxyl groups is 1. The van der Waals surface area contributed by atoms with E-state index >= 15 is 0 Å². The van der Waals surface area contributed by atoms with Gasteiger partial charge in [-0.3, -0.25) is 10.1 Å². The molecule has 0 atom stereocenters. The number of aromatic nitrogens is 4. The van der Waals surface area contributed by atoms with Crippen molar-refractivity contribution in [2.45, 2.75) is 6.92 Å². The van der Waals surface area contributed by atoms with Gasteiger partial charge in [-0.25, -0.2) is 0 Å². The van der Waals surface area contributed by atoms with Crippen molar-refractivity contribution >= 4 is 11.9 Å². The zero-order valence-electron chi connectivity index (χ0n) is 9.38. The van der Waals surface area contributed by atoms with Crippen LogP contribution >= 0.6 is 0 Å². The zero-order valence-corrected chi connectivity index (χ0v) is 9.38. The highest BCUT2D eigenvalue weighted by atomic mass is 16.3. The number of carbonyl (C=O) groups is 1. The monoisotopic (exact) mass is 233 g/mol. The molecule has 2 N–H and O–H groups in total. The quantitative estimate of drug-likeness (QED) is 0.786. The minimum absolute atomic E-state index is 0.122. The Kier molecular flexibility index (Phi) is 2.73. The first-order valence-corrected chi connectivity index (χ1v) is 4.91. The Morgan fingerprint density at radius 2 is 2.24 bits per heavy atom. The van der Waals surface area contributed by atoms with Crippen LogP contribution in [0.25, 0.3) is 0 Å². The second kappa shape index (κ2) is 4.20. The Bertz CT molecular complexity index is 564. The van der Waals surface area contributed by atoms with Crippen molar-refractivity contribution in [2.24, 2.45) is 7.05 Å². The lowest BCUT2D eigenvalue weighted by atomic mass is 10.1. The molecule has 0 saturated heterocycles. The number of anilines is 1. The van der Waals surface area contributed by atoms with Crippen molar-refractivity contribution < 1.29 is 9.90 Å². The van der Waals surface area contributed by atoms with Gasteiger partial charge in [-0.05, 0) is 35.9 Å². The van der Waals surface area contributed by atoms with E-state index in [0.29, 0.717) is 11.1 Å². The van der Waals surface area contributed by atoms with Crippen LogP contribution in [0, 0.1) is 6.92 Å². The molecule has 1 aromatic carbocycles. The van der Waals surface area contributed by atoms with Gasteiger partial charge in [-0.2, -0.15) is 4.80 Å². The molecule has 7 nitrogen and oxygen atoms in total. The largest absolute Gasteiger partial charge is 0.508 e. The van der Waals surface area contributed by atoms with Crippen LogP contribution in [-0.4, -0.2) is 31.2 Å². The Hall–Kier alpha value is -2.44. The van der Waals surface area contributed by atoms with Crippen molar-refractivity contribution in [3.8, 4) is 5.75 Å². The standard InChI is InChI=1S/C10H11N5O2/c1-6-5-7(16)3-4-8(6)9(17)11-10-12-14-15(2)13-10/h3-5,16H,1-2H3,(H,11,13,17). The summed E-state index contributed by atoms with van der Waals surface area (Å²) in [6.07, 6.45) is 0. The molecule has 0 fully saturated rings. The topological polar surface area (TPSA) is 92.9 Å². The van der Waals surface area contributed by atoms with E-state index in [0.717, 1.165) is 0 Å². The third-order valence-corrected chi connectivity index (χ3v) is 2.19. The van der Waals surface area contributed by atoms with Gasteiger partial charge in [0.15, 0.2) is 0 Å². The summed E-state index contributed by atoms with van der Waals surface area (Å²) in [4.78, 5) is 13.1. The fourth-order valence-electron chi connectivity index (χ4n) is 1.41. The van der Waals surface area contributed by atoms with Crippen LogP contribution in [0.3, 0.4) is 0 Å². The first-order chi connectivity index (χ1) is 8.06. The second-order valence-corrected chi connectivity index (χ2v) is 3.56. The molecule has 1 heterocycles. The van der Waals surface area contributed by atoms with Gasteiger partial charge in [0.05, 0.1) is 7.05 Å². The number of hydrogen-bond acceptors (Lipinski definition) is 5. The molecule has 0 bridgehead atoms. The summed E-state index contributed by atoms with van der Waals surface area (Å²) in [5.74, 6) is -0.0721. The molecule has 0 radical (unpaired) electrons. The number of nitrogens with zero attached hydrogens (tertiary/aromatic N) is 4. The number of rotatable bonds is 2. The number of carbonyl (C=O) groups excluding carboxylic acids is 1. The first-order valence-electron chi connectivity index (χ1n) is 4.91. The highest BCUT2D eigenvalue weighted by Crippen LogP contribution is 2.16. The van der Waals surface area contributed by atoms with Crippen molar-refractivity contribution in [3.05, 3.63) is 29.3 Å². The van der Waals surface area contributed by atoms with Crippen molar-refractivity contribution in [2.75, 3.05) is 5.32 Å². The normalized spacial score (nSPS) is 10.2. The molecule has 0 unspecified atom stereocenters. The van der Waals surface area contributed by atoms with E-state index in [-0.39, 0.29) is 17.6 Å². The summed E-state index contributed by atoms with van der Waals surface area (Å²) in [6.45, 7) is 1.73. The molecule has 2 rings (SSSR count). The van der Waals surface area contributed by atoms with Gasteiger partial charge in [0, 0.05) is 5.56 Å². The van der Waals surface area contributed by atoms with Gasteiger partial charge in [0.2, 0.25) is 0 Å². The highest BCUT2D eigenvalue weighted by Gasteiger charge is 2.11. The SMILES string of the molecule is Cc1cc(O)ccc1C(=O)Nc1nnn(C)n1. The first kappa shape index (κ1) is 11.1.